The number of carboxylic acid groups (broad SMARTS) is 1. The minimum atomic E-state index is -1.12. The molecule has 21 heavy (non-hydrogen) atoms. The minimum Gasteiger partial charge on any atom is -0.478 e. The summed E-state index contributed by atoms with van der Waals surface area (Å²) in [5, 5.41) is 14.6. The molecule has 110 valence electrons. The normalized spacial score (nSPS) is 16.2. The van der Waals surface area contributed by atoms with Crippen LogP contribution >= 0.6 is 11.3 Å². The number of aromatic carboxylic acids is 1. The first-order chi connectivity index (χ1) is 10.00. The maximum absolute atomic E-state index is 12.2. The molecule has 0 radical (unpaired) electrons. The molecule has 2 N–H and O–H groups in total. The maximum Gasteiger partial charge on any atom is 0.338 e. The van der Waals surface area contributed by atoms with E-state index >= 15 is 0 Å². The van der Waals surface area contributed by atoms with Crippen LogP contribution in [-0.2, 0) is 5.54 Å². The third kappa shape index (κ3) is 2.44. The summed E-state index contributed by atoms with van der Waals surface area (Å²) in [7, 11) is 0. The van der Waals surface area contributed by atoms with Crippen LogP contribution in [0.25, 0.3) is 0 Å². The van der Waals surface area contributed by atoms with Crippen molar-refractivity contribution in [3.63, 3.8) is 0 Å². The zero-order valence-electron chi connectivity index (χ0n) is 11.4. The zero-order chi connectivity index (χ0) is 15.0. The Bertz CT molecular complexity index is 699. The number of thiazole rings is 1. The first-order valence-corrected chi connectivity index (χ1v) is 7.45. The standard InChI is InChI=1S/C14H14N2O4S/c1-8-7-21-13(15-8)14(3-2-4-14)16-11(17)10-5-9(6-20-10)12(18)19/h5-7H,2-4H2,1H3,(H,16,17)(H,18,19). The van der Waals surface area contributed by atoms with E-state index in [1.54, 1.807) is 0 Å². The highest BCUT2D eigenvalue weighted by Gasteiger charge is 2.43. The SMILES string of the molecule is Cc1csc(C2(NC(=O)c3cc(C(=O)O)co3)CCC2)n1. The summed E-state index contributed by atoms with van der Waals surface area (Å²) >= 11 is 1.53. The number of nitrogens with zero attached hydrogens (tertiary/aromatic N) is 1. The number of nitrogens with one attached hydrogen (secondary N) is 1. The van der Waals surface area contributed by atoms with Crippen LogP contribution in [0.15, 0.2) is 22.1 Å². The summed E-state index contributed by atoms with van der Waals surface area (Å²) in [6.45, 7) is 1.92. The van der Waals surface area contributed by atoms with Gasteiger partial charge in [0.15, 0.2) is 5.76 Å². The summed E-state index contributed by atoms with van der Waals surface area (Å²) < 4.78 is 5.03. The molecule has 0 bridgehead atoms. The molecule has 7 heteroatoms. The molecule has 1 aliphatic carbocycles. The molecule has 1 amide bonds. The molecule has 1 fully saturated rings. The molecule has 1 aliphatic rings. The van der Waals surface area contributed by atoms with Crippen LogP contribution < -0.4 is 5.32 Å². The predicted octanol–water partition coefficient (Wildman–Crippen LogP) is 2.55. The van der Waals surface area contributed by atoms with Crippen molar-refractivity contribution >= 4 is 23.2 Å². The number of rotatable bonds is 4. The van der Waals surface area contributed by atoms with Gasteiger partial charge in [0.05, 0.1) is 11.1 Å². The molecule has 0 unspecified atom stereocenters. The van der Waals surface area contributed by atoms with Crippen LogP contribution in [0, 0.1) is 6.92 Å². The highest BCUT2D eigenvalue weighted by Crippen LogP contribution is 2.42. The smallest absolute Gasteiger partial charge is 0.338 e. The van der Waals surface area contributed by atoms with Crippen molar-refractivity contribution < 1.29 is 19.1 Å². The number of carboxylic acids is 1. The van der Waals surface area contributed by atoms with Gasteiger partial charge in [-0.1, -0.05) is 0 Å². The Morgan fingerprint density at radius 2 is 2.24 bits per heavy atom. The molecule has 2 heterocycles. The summed E-state index contributed by atoms with van der Waals surface area (Å²) in [6.07, 6.45) is 3.76. The molecule has 0 aliphatic heterocycles. The van der Waals surface area contributed by atoms with E-state index in [1.807, 2.05) is 12.3 Å². The third-order valence-electron chi connectivity index (χ3n) is 3.66. The highest BCUT2D eigenvalue weighted by atomic mass is 32.1. The van der Waals surface area contributed by atoms with Gasteiger partial charge in [0, 0.05) is 17.1 Å². The Labute approximate surface area is 124 Å². The third-order valence-corrected chi connectivity index (χ3v) is 4.82. The Hall–Kier alpha value is -2.15. The number of hydrogen-bond acceptors (Lipinski definition) is 5. The van der Waals surface area contributed by atoms with E-state index < -0.39 is 17.4 Å². The van der Waals surface area contributed by atoms with Crippen molar-refractivity contribution in [2.45, 2.75) is 31.7 Å². The molecule has 2 aromatic heterocycles. The Balaban J connectivity index is 1.80. The van der Waals surface area contributed by atoms with Gasteiger partial charge < -0.3 is 14.8 Å². The van der Waals surface area contributed by atoms with Crippen molar-refractivity contribution in [1.82, 2.24) is 10.3 Å². The van der Waals surface area contributed by atoms with Crippen LogP contribution in [0.3, 0.4) is 0 Å². The van der Waals surface area contributed by atoms with Gasteiger partial charge in [-0.2, -0.15) is 0 Å². The quantitative estimate of drug-likeness (QED) is 0.905. The Kier molecular flexibility index (Phi) is 3.29. The van der Waals surface area contributed by atoms with Crippen molar-refractivity contribution in [2.24, 2.45) is 0 Å². The van der Waals surface area contributed by atoms with Gasteiger partial charge in [-0.3, -0.25) is 4.79 Å². The maximum atomic E-state index is 12.2. The number of aryl methyl sites for hydroxylation is 1. The van der Waals surface area contributed by atoms with Crippen molar-refractivity contribution in [3.8, 4) is 0 Å². The first kappa shape index (κ1) is 13.8. The lowest BCUT2D eigenvalue weighted by atomic mass is 9.77. The predicted molar refractivity (Wildman–Crippen MR) is 75.5 cm³/mol. The van der Waals surface area contributed by atoms with E-state index in [2.05, 4.69) is 10.3 Å². The van der Waals surface area contributed by atoms with Gasteiger partial charge in [-0.05, 0) is 26.2 Å². The van der Waals surface area contributed by atoms with Gasteiger partial charge in [0.2, 0.25) is 0 Å². The van der Waals surface area contributed by atoms with Crippen LogP contribution in [-0.4, -0.2) is 22.0 Å². The van der Waals surface area contributed by atoms with Crippen molar-refractivity contribution in [3.05, 3.63) is 39.7 Å². The Morgan fingerprint density at radius 1 is 1.48 bits per heavy atom. The molecule has 1 saturated carbocycles. The lowest BCUT2D eigenvalue weighted by Crippen LogP contribution is -2.50. The van der Waals surface area contributed by atoms with E-state index in [4.69, 9.17) is 9.52 Å². The number of hydrogen-bond donors (Lipinski definition) is 2. The fourth-order valence-corrected chi connectivity index (χ4v) is 3.36. The highest BCUT2D eigenvalue weighted by molar-refractivity contribution is 7.09. The fourth-order valence-electron chi connectivity index (χ4n) is 2.34. The summed E-state index contributed by atoms with van der Waals surface area (Å²) in [5.41, 5.74) is 0.459. The molecular weight excluding hydrogens is 292 g/mol. The van der Waals surface area contributed by atoms with Crippen LogP contribution in [0.2, 0.25) is 0 Å². The largest absolute Gasteiger partial charge is 0.478 e. The van der Waals surface area contributed by atoms with Crippen molar-refractivity contribution in [1.29, 1.82) is 0 Å². The molecule has 0 spiro atoms. The summed E-state index contributed by atoms with van der Waals surface area (Å²) in [5.74, 6) is -1.52. The van der Waals surface area contributed by atoms with Crippen LogP contribution in [0.4, 0.5) is 0 Å². The Morgan fingerprint density at radius 3 is 2.71 bits per heavy atom. The summed E-state index contributed by atoms with van der Waals surface area (Å²) in [4.78, 5) is 27.5. The minimum absolute atomic E-state index is 0.00644. The number of amides is 1. The molecule has 0 atom stereocenters. The van der Waals surface area contributed by atoms with Gasteiger partial charge in [0.25, 0.3) is 5.91 Å². The fraction of sp³-hybridized carbons (Fsp3) is 0.357. The first-order valence-electron chi connectivity index (χ1n) is 6.57. The lowest BCUT2D eigenvalue weighted by molar-refractivity contribution is 0.0695. The lowest BCUT2D eigenvalue weighted by Gasteiger charge is -2.40. The molecule has 6 nitrogen and oxygen atoms in total. The molecule has 0 saturated heterocycles. The van der Waals surface area contributed by atoms with Gasteiger partial charge >= 0.3 is 5.97 Å². The van der Waals surface area contributed by atoms with E-state index in [9.17, 15) is 9.59 Å². The number of aromatic nitrogens is 1. The summed E-state index contributed by atoms with van der Waals surface area (Å²) in [6, 6.07) is 1.23. The van der Waals surface area contributed by atoms with Crippen LogP contribution in [0.5, 0.6) is 0 Å². The van der Waals surface area contributed by atoms with E-state index in [0.717, 1.165) is 36.2 Å². The average Bonchev–Trinajstić information content (AvgIpc) is 3.02. The second-order valence-electron chi connectivity index (χ2n) is 5.19. The van der Waals surface area contributed by atoms with Gasteiger partial charge in [0.1, 0.15) is 11.3 Å². The number of carbonyl (C=O) groups is 2. The molecule has 0 aromatic carbocycles. The van der Waals surface area contributed by atoms with E-state index in [1.165, 1.54) is 17.4 Å². The second-order valence-corrected chi connectivity index (χ2v) is 6.05. The van der Waals surface area contributed by atoms with E-state index in [0.29, 0.717) is 0 Å². The second kappa shape index (κ2) is 5.00. The van der Waals surface area contributed by atoms with Crippen molar-refractivity contribution in [2.75, 3.05) is 0 Å². The van der Waals surface area contributed by atoms with Gasteiger partial charge in [-0.25, -0.2) is 9.78 Å². The number of carbonyl (C=O) groups excluding carboxylic acids is 1. The zero-order valence-corrected chi connectivity index (χ0v) is 12.2. The molecule has 3 rings (SSSR count). The number of furan rings is 1. The molecular formula is C14H14N2O4S. The molecule has 2 aromatic rings. The monoisotopic (exact) mass is 306 g/mol. The van der Waals surface area contributed by atoms with Gasteiger partial charge in [-0.15, -0.1) is 11.3 Å². The van der Waals surface area contributed by atoms with E-state index in [-0.39, 0.29) is 11.3 Å². The topological polar surface area (TPSA) is 92.4 Å². The van der Waals surface area contributed by atoms with Crippen LogP contribution in [0.1, 0.15) is 50.9 Å². The average molecular weight is 306 g/mol.